The molecule has 0 saturated heterocycles. The number of alkyl halides is 3. The van der Waals surface area contributed by atoms with Crippen LogP contribution in [0.25, 0.3) is 0 Å². The molecule has 1 saturated carbocycles. The second-order valence-electron chi connectivity index (χ2n) is 4.45. The molecule has 19 heavy (non-hydrogen) atoms. The summed E-state index contributed by atoms with van der Waals surface area (Å²) in [6.45, 7) is 0.284. The molecule has 7 heteroatoms. The third-order valence-electron chi connectivity index (χ3n) is 2.86. The number of halogens is 3. The molecule has 0 bridgehead atoms. The van der Waals surface area contributed by atoms with E-state index < -0.39 is 11.7 Å². The van der Waals surface area contributed by atoms with Crippen LogP contribution in [-0.4, -0.2) is 17.6 Å². The van der Waals surface area contributed by atoms with E-state index in [0.717, 1.165) is 18.9 Å². The van der Waals surface area contributed by atoms with E-state index in [2.05, 4.69) is 5.16 Å². The lowest BCUT2D eigenvalue weighted by molar-refractivity contribution is -0.139. The van der Waals surface area contributed by atoms with Crippen LogP contribution >= 0.6 is 0 Å². The summed E-state index contributed by atoms with van der Waals surface area (Å²) < 4.78 is 43.9. The summed E-state index contributed by atoms with van der Waals surface area (Å²) in [5.41, 5.74) is 4.36. The Morgan fingerprint density at radius 2 is 2.11 bits per heavy atom. The maximum absolute atomic E-state index is 12.9. The SMILES string of the molecule is N/C(=N/O)c1ccc(OCC2CC2)c(C(F)(F)F)c1. The second-order valence-corrected chi connectivity index (χ2v) is 4.45. The van der Waals surface area contributed by atoms with Crippen LogP contribution in [0.1, 0.15) is 24.0 Å². The van der Waals surface area contributed by atoms with Gasteiger partial charge in [-0.05, 0) is 37.0 Å². The van der Waals surface area contributed by atoms with Crippen LogP contribution in [0.4, 0.5) is 13.2 Å². The number of amidine groups is 1. The molecule has 104 valence electrons. The van der Waals surface area contributed by atoms with Crippen LogP contribution < -0.4 is 10.5 Å². The average molecular weight is 274 g/mol. The Kier molecular flexibility index (Phi) is 3.55. The molecule has 3 N–H and O–H groups in total. The maximum Gasteiger partial charge on any atom is 0.419 e. The first kappa shape index (κ1) is 13.5. The van der Waals surface area contributed by atoms with Gasteiger partial charge in [0.1, 0.15) is 5.75 Å². The van der Waals surface area contributed by atoms with Gasteiger partial charge in [0.05, 0.1) is 12.2 Å². The van der Waals surface area contributed by atoms with Crippen molar-refractivity contribution in [1.82, 2.24) is 0 Å². The highest BCUT2D eigenvalue weighted by molar-refractivity contribution is 5.97. The van der Waals surface area contributed by atoms with Crippen molar-refractivity contribution in [3.63, 3.8) is 0 Å². The number of oxime groups is 1. The third kappa shape index (κ3) is 3.30. The zero-order chi connectivity index (χ0) is 14.0. The molecule has 0 aliphatic heterocycles. The fraction of sp³-hybridized carbons (Fsp3) is 0.417. The Balaban J connectivity index is 2.30. The number of hydrogen-bond donors (Lipinski definition) is 2. The Bertz CT molecular complexity index is 496. The number of rotatable bonds is 4. The van der Waals surface area contributed by atoms with Crippen LogP contribution in [-0.2, 0) is 6.18 Å². The first-order chi connectivity index (χ1) is 8.91. The number of nitrogens with zero attached hydrogens (tertiary/aromatic N) is 1. The van der Waals surface area contributed by atoms with Crippen molar-refractivity contribution in [2.75, 3.05) is 6.61 Å². The van der Waals surface area contributed by atoms with Crippen molar-refractivity contribution in [1.29, 1.82) is 0 Å². The monoisotopic (exact) mass is 274 g/mol. The van der Waals surface area contributed by atoms with E-state index in [4.69, 9.17) is 15.7 Å². The fourth-order valence-electron chi connectivity index (χ4n) is 1.59. The van der Waals surface area contributed by atoms with Gasteiger partial charge in [-0.2, -0.15) is 13.2 Å². The third-order valence-corrected chi connectivity index (χ3v) is 2.86. The van der Waals surface area contributed by atoms with E-state index in [1.54, 1.807) is 0 Å². The summed E-state index contributed by atoms with van der Waals surface area (Å²) in [5.74, 6) is -0.252. The summed E-state index contributed by atoms with van der Waals surface area (Å²) in [6.07, 6.45) is -2.57. The summed E-state index contributed by atoms with van der Waals surface area (Å²) in [6, 6.07) is 3.34. The quantitative estimate of drug-likeness (QED) is 0.384. The molecule has 0 amide bonds. The summed E-state index contributed by atoms with van der Waals surface area (Å²) in [4.78, 5) is 0. The number of ether oxygens (including phenoxy) is 1. The minimum Gasteiger partial charge on any atom is -0.493 e. The number of benzene rings is 1. The standard InChI is InChI=1S/C12H13F3N2O2/c13-12(14,15)9-5-8(11(16)17-18)3-4-10(9)19-6-7-1-2-7/h3-5,7,18H,1-2,6H2,(H2,16,17). The lowest BCUT2D eigenvalue weighted by atomic mass is 10.1. The first-order valence-corrected chi connectivity index (χ1v) is 5.73. The molecular weight excluding hydrogens is 261 g/mol. The first-order valence-electron chi connectivity index (χ1n) is 5.73. The summed E-state index contributed by atoms with van der Waals surface area (Å²) in [7, 11) is 0. The lowest BCUT2D eigenvalue weighted by Gasteiger charge is -2.15. The predicted molar refractivity (Wildman–Crippen MR) is 62.2 cm³/mol. The van der Waals surface area contributed by atoms with Gasteiger partial charge in [-0.1, -0.05) is 5.16 Å². The van der Waals surface area contributed by atoms with Crippen molar-refractivity contribution in [2.24, 2.45) is 16.8 Å². The van der Waals surface area contributed by atoms with E-state index in [1.807, 2.05) is 0 Å². The molecule has 1 aromatic rings. The molecule has 2 rings (SSSR count). The van der Waals surface area contributed by atoms with Gasteiger partial charge in [0, 0.05) is 5.56 Å². The van der Waals surface area contributed by atoms with Crippen LogP contribution in [0, 0.1) is 5.92 Å². The van der Waals surface area contributed by atoms with Gasteiger partial charge < -0.3 is 15.7 Å². The number of hydrogen-bond acceptors (Lipinski definition) is 3. The Hall–Kier alpha value is -1.92. The van der Waals surface area contributed by atoms with Crippen LogP contribution in [0.5, 0.6) is 5.75 Å². The second kappa shape index (κ2) is 4.99. The molecule has 0 radical (unpaired) electrons. The van der Waals surface area contributed by atoms with Crippen molar-refractivity contribution in [3.05, 3.63) is 29.3 Å². The summed E-state index contributed by atoms with van der Waals surface area (Å²) in [5, 5.41) is 11.2. The van der Waals surface area contributed by atoms with Crippen molar-refractivity contribution in [3.8, 4) is 5.75 Å². The zero-order valence-electron chi connectivity index (χ0n) is 9.94. The molecule has 4 nitrogen and oxygen atoms in total. The van der Waals surface area contributed by atoms with Gasteiger partial charge in [-0.3, -0.25) is 0 Å². The van der Waals surface area contributed by atoms with E-state index >= 15 is 0 Å². The average Bonchev–Trinajstić information content (AvgIpc) is 3.18. The Morgan fingerprint density at radius 3 is 2.63 bits per heavy atom. The van der Waals surface area contributed by atoms with Crippen LogP contribution in [0.2, 0.25) is 0 Å². The Labute approximate surface area is 107 Å². The normalized spacial score (nSPS) is 16.5. The van der Waals surface area contributed by atoms with Gasteiger partial charge in [-0.15, -0.1) is 0 Å². The van der Waals surface area contributed by atoms with Gasteiger partial charge in [-0.25, -0.2) is 0 Å². The van der Waals surface area contributed by atoms with Gasteiger partial charge in [0.2, 0.25) is 0 Å². The molecule has 0 heterocycles. The van der Waals surface area contributed by atoms with Gasteiger partial charge >= 0.3 is 6.18 Å². The molecule has 1 aliphatic rings. The van der Waals surface area contributed by atoms with Crippen LogP contribution in [0.15, 0.2) is 23.4 Å². The predicted octanol–water partition coefficient (Wildman–Crippen LogP) is 2.59. The van der Waals surface area contributed by atoms with Gasteiger partial charge in [0.15, 0.2) is 5.84 Å². The molecular formula is C12H13F3N2O2. The van der Waals surface area contributed by atoms with Gasteiger partial charge in [0.25, 0.3) is 0 Å². The molecule has 0 unspecified atom stereocenters. The summed E-state index contributed by atoms with van der Waals surface area (Å²) >= 11 is 0. The molecule has 1 aromatic carbocycles. The van der Waals surface area contributed by atoms with E-state index in [1.165, 1.54) is 12.1 Å². The minimum absolute atomic E-state index is 0.00593. The van der Waals surface area contributed by atoms with Crippen molar-refractivity contribution < 1.29 is 23.1 Å². The van der Waals surface area contributed by atoms with Crippen molar-refractivity contribution >= 4 is 5.84 Å². The van der Waals surface area contributed by atoms with Crippen molar-refractivity contribution in [2.45, 2.75) is 19.0 Å². The Morgan fingerprint density at radius 1 is 1.42 bits per heavy atom. The van der Waals surface area contributed by atoms with E-state index in [-0.39, 0.29) is 23.8 Å². The molecule has 1 aliphatic carbocycles. The number of nitrogens with two attached hydrogens (primary N) is 1. The van der Waals surface area contributed by atoms with E-state index in [0.29, 0.717) is 5.92 Å². The molecule has 1 fully saturated rings. The topological polar surface area (TPSA) is 67.8 Å². The van der Waals surface area contributed by atoms with Crippen LogP contribution in [0.3, 0.4) is 0 Å². The smallest absolute Gasteiger partial charge is 0.419 e. The molecule has 0 spiro atoms. The maximum atomic E-state index is 12.9. The minimum atomic E-state index is -4.55. The zero-order valence-corrected chi connectivity index (χ0v) is 9.94. The molecule has 0 aromatic heterocycles. The lowest BCUT2D eigenvalue weighted by Crippen LogP contribution is -2.16. The highest BCUT2D eigenvalue weighted by atomic mass is 19.4. The molecule has 0 atom stereocenters. The van der Waals surface area contributed by atoms with E-state index in [9.17, 15) is 13.2 Å². The highest BCUT2D eigenvalue weighted by Gasteiger charge is 2.35. The largest absolute Gasteiger partial charge is 0.493 e. The highest BCUT2D eigenvalue weighted by Crippen LogP contribution is 2.38. The fourth-order valence-corrected chi connectivity index (χ4v) is 1.59.